The lowest BCUT2D eigenvalue weighted by Gasteiger charge is -2.24. The van der Waals surface area contributed by atoms with Crippen LogP contribution in [0.15, 0.2) is 121 Å². The molecule has 6 N–H and O–H groups in total. The van der Waals surface area contributed by atoms with Crippen LogP contribution in [-0.2, 0) is 73.9 Å². The molecule has 4 aromatic carbocycles. The summed E-state index contributed by atoms with van der Waals surface area (Å²) in [5.74, 6) is -1.06. The molecule has 0 saturated heterocycles. The molecule has 0 aliphatic rings. The summed E-state index contributed by atoms with van der Waals surface area (Å²) in [7, 11) is 0. The molecule has 2 aromatic heterocycles. The standard InChI is InChI=1S/C31H42N6O6.C30H41N7O6.ClH/c1-23(25-15-9-6-10-16-25)28(38)42-19-12-11-17-32-30(40)43-20-18-37-27(34-35-36-37)26(33-29(39)31(2,3)4)22-41-21-24-13-7-5-8-14-24;1-22(24-14-8-5-9-15-24)27(38)42-18-11-10-16-32-29(40)43-19-17-37-26(34-35-36-37)25(33-28(39)30(2,3)31)21-41-20-23-12-6-4-7-13-23;/h5-10,13-16,23,26H,11-12,17-22H2,1-4H3,(H,32,40)(H,33,39);4-9,12-15,22,25H,10-11,16-21,31H2,1-3H3,(H,32,40)(H,33,39);1H/t23?,26-;22?,25-;/m11./s1. The maximum Gasteiger partial charge on any atom is 0.407 e. The number of halogens is 1. The van der Waals surface area contributed by atoms with Gasteiger partial charge in [-0.1, -0.05) is 142 Å². The highest BCUT2D eigenvalue weighted by molar-refractivity contribution is 5.86. The van der Waals surface area contributed by atoms with Crippen molar-refractivity contribution in [2.24, 2.45) is 11.1 Å². The third-order valence-electron chi connectivity index (χ3n) is 13.0. The summed E-state index contributed by atoms with van der Waals surface area (Å²) in [6.07, 6.45) is 1.27. The summed E-state index contributed by atoms with van der Waals surface area (Å²) in [4.78, 5) is 74.1. The Hall–Kier alpha value is -8.39. The Morgan fingerprint density at radius 3 is 1.24 bits per heavy atom. The zero-order chi connectivity index (χ0) is 62.2. The van der Waals surface area contributed by atoms with Crippen LogP contribution in [0.3, 0.4) is 0 Å². The minimum absolute atomic E-state index is 0. The zero-order valence-electron chi connectivity index (χ0n) is 50.6. The Morgan fingerprint density at radius 1 is 0.506 bits per heavy atom. The number of carbonyl (C=O) groups is 6. The second-order valence-electron chi connectivity index (χ2n) is 21.7. The van der Waals surface area contributed by atoms with Crippen LogP contribution in [0.5, 0.6) is 0 Å². The number of esters is 2. The van der Waals surface area contributed by atoms with Gasteiger partial charge in [0.2, 0.25) is 11.8 Å². The minimum Gasteiger partial charge on any atom is -0.465 e. The smallest absolute Gasteiger partial charge is 0.407 e. The molecular weight excluding hydrogens is 1140 g/mol. The number of hydrogen-bond acceptors (Lipinski definition) is 19. The van der Waals surface area contributed by atoms with Gasteiger partial charge >= 0.3 is 24.1 Å². The monoisotopic (exact) mass is 1230 g/mol. The van der Waals surface area contributed by atoms with Crippen LogP contribution in [-0.4, -0.2) is 135 Å². The van der Waals surface area contributed by atoms with E-state index in [-0.39, 0.29) is 94.8 Å². The van der Waals surface area contributed by atoms with Crippen molar-refractivity contribution in [3.8, 4) is 0 Å². The molecule has 26 heteroatoms. The van der Waals surface area contributed by atoms with Crippen LogP contribution in [0, 0.1) is 5.41 Å². The Bertz CT molecular complexity index is 2770. The molecule has 4 atom stereocenters. The highest BCUT2D eigenvalue weighted by Gasteiger charge is 2.30. The molecular formula is C61H84ClN13O12. The van der Waals surface area contributed by atoms with Gasteiger partial charge in [-0.3, -0.25) is 19.2 Å². The summed E-state index contributed by atoms with van der Waals surface area (Å²) in [6.45, 7) is 14.8. The molecule has 0 aliphatic heterocycles. The summed E-state index contributed by atoms with van der Waals surface area (Å²) < 4.78 is 35.9. The quantitative estimate of drug-likeness (QED) is 0.0157. The number of amides is 4. The number of hydrogen-bond donors (Lipinski definition) is 5. The summed E-state index contributed by atoms with van der Waals surface area (Å²) in [6, 6.07) is 36.9. The van der Waals surface area contributed by atoms with E-state index < -0.39 is 41.1 Å². The van der Waals surface area contributed by atoms with Crippen molar-refractivity contribution in [1.82, 2.24) is 61.7 Å². The first kappa shape index (κ1) is 71.1. The lowest BCUT2D eigenvalue weighted by molar-refractivity contribution is -0.146. The first-order valence-electron chi connectivity index (χ1n) is 28.7. The molecule has 0 fully saturated rings. The van der Waals surface area contributed by atoms with E-state index in [1.807, 2.05) is 156 Å². The Labute approximate surface area is 514 Å². The molecule has 0 saturated carbocycles. The van der Waals surface area contributed by atoms with Gasteiger partial charge in [-0.25, -0.2) is 19.0 Å². The first-order valence-corrected chi connectivity index (χ1v) is 28.7. The lowest BCUT2D eigenvalue weighted by Crippen LogP contribution is -2.51. The van der Waals surface area contributed by atoms with Gasteiger partial charge in [0.25, 0.3) is 0 Å². The number of carbonyl (C=O) groups excluding carboxylic acids is 6. The van der Waals surface area contributed by atoms with Gasteiger partial charge in [0.05, 0.1) is 70.1 Å². The molecule has 0 aliphatic carbocycles. The van der Waals surface area contributed by atoms with Crippen LogP contribution in [0.1, 0.15) is 132 Å². The highest BCUT2D eigenvalue weighted by atomic mass is 35.5. The van der Waals surface area contributed by atoms with Crippen LogP contribution in [0.4, 0.5) is 9.59 Å². The summed E-state index contributed by atoms with van der Waals surface area (Å²) in [5, 5.41) is 34.8. The Balaban J connectivity index is 0.000000368. The maximum atomic E-state index is 12.8. The minimum atomic E-state index is -1.13. The fourth-order valence-corrected chi connectivity index (χ4v) is 7.80. The topological polar surface area (TPSA) is 319 Å². The molecule has 87 heavy (non-hydrogen) atoms. The van der Waals surface area contributed by atoms with Crippen molar-refractivity contribution in [2.45, 2.75) is 130 Å². The van der Waals surface area contributed by atoms with Gasteiger partial charge in [-0.05, 0) is 96.5 Å². The molecule has 6 rings (SSSR count). The van der Waals surface area contributed by atoms with Gasteiger partial charge < -0.3 is 55.4 Å². The van der Waals surface area contributed by atoms with Crippen molar-refractivity contribution >= 4 is 48.3 Å². The highest BCUT2D eigenvalue weighted by Crippen LogP contribution is 2.20. The van der Waals surface area contributed by atoms with Crippen molar-refractivity contribution in [3.05, 3.63) is 155 Å². The summed E-state index contributed by atoms with van der Waals surface area (Å²) >= 11 is 0. The molecule has 2 heterocycles. The average molecular weight is 1230 g/mol. The number of benzene rings is 4. The number of rotatable bonds is 33. The molecule has 4 amide bonds. The van der Waals surface area contributed by atoms with E-state index in [1.54, 1.807) is 13.8 Å². The molecule has 2 unspecified atom stereocenters. The molecule has 0 spiro atoms. The van der Waals surface area contributed by atoms with Crippen molar-refractivity contribution < 1.29 is 57.2 Å². The number of alkyl carbamates (subject to hydrolysis) is 2. The van der Waals surface area contributed by atoms with E-state index in [2.05, 4.69) is 52.3 Å². The van der Waals surface area contributed by atoms with E-state index in [9.17, 15) is 28.8 Å². The van der Waals surface area contributed by atoms with E-state index in [0.717, 1.165) is 22.3 Å². The van der Waals surface area contributed by atoms with Crippen molar-refractivity contribution in [3.63, 3.8) is 0 Å². The molecule has 0 radical (unpaired) electrons. The zero-order valence-corrected chi connectivity index (χ0v) is 51.4. The third-order valence-corrected chi connectivity index (χ3v) is 13.0. The van der Waals surface area contributed by atoms with E-state index in [0.29, 0.717) is 63.6 Å². The van der Waals surface area contributed by atoms with Gasteiger partial charge in [0.15, 0.2) is 11.6 Å². The van der Waals surface area contributed by atoms with Gasteiger partial charge in [-0.2, -0.15) is 0 Å². The van der Waals surface area contributed by atoms with Gasteiger partial charge in [0.1, 0.15) is 25.3 Å². The molecule has 0 bridgehead atoms. The molecule has 472 valence electrons. The predicted molar refractivity (Wildman–Crippen MR) is 323 cm³/mol. The van der Waals surface area contributed by atoms with E-state index >= 15 is 0 Å². The number of ether oxygens (including phenoxy) is 6. The second-order valence-corrected chi connectivity index (χ2v) is 21.7. The summed E-state index contributed by atoms with van der Waals surface area (Å²) in [5.41, 5.74) is 8.01. The molecule has 25 nitrogen and oxygen atoms in total. The number of aromatic nitrogens is 8. The Kier molecular flexibility index (Phi) is 31.0. The van der Waals surface area contributed by atoms with Crippen LogP contribution >= 0.6 is 12.4 Å². The third kappa shape index (κ3) is 26.4. The second kappa shape index (κ2) is 37.9. The van der Waals surface area contributed by atoms with Gasteiger partial charge in [0, 0.05) is 18.5 Å². The van der Waals surface area contributed by atoms with Crippen LogP contribution in [0.25, 0.3) is 0 Å². The average Bonchev–Trinajstić information content (AvgIpc) is 2.70. The van der Waals surface area contributed by atoms with Crippen LogP contribution < -0.4 is 27.0 Å². The number of nitrogens with two attached hydrogens (primary N) is 1. The number of nitrogens with one attached hydrogen (secondary N) is 4. The largest absolute Gasteiger partial charge is 0.465 e. The number of unbranched alkanes of at least 4 members (excludes halogenated alkanes) is 2. The van der Waals surface area contributed by atoms with Crippen LogP contribution in [0.2, 0.25) is 0 Å². The molecule has 6 aromatic rings. The normalized spacial score (nSPS) is 12.5. The number of tetrazole rings is 2. The van der Waals surface area contributed by atoms with Crippen molar-refractivity contribution in [1.29, 1.82) is 0 Å². The SMILES string of the molecule is CC(C(=O)OCCCCNC(=O)OCCn1nnnc1[C@@H](COCc1ccccc1)NC(=O)C(C)(C)C)c1ccccc1.CC(C(=O)OCCCCNC(=O)OCCn1nnnc1[C@@H](COCc1ccccc1)NC(=O)C(C)(C)N)c1ccccc1.Cl. The van der Waals surface area contributed by atoms with Gasteiger partial charge in [-0.15, -0.1) is 22.6 Å². The predicted octanol–water partition coefficient (Wildman–Crippen LogP) is 7.01. The van der Waals surface area contributed by atoms with Crippen molar-refractivity contribution in [2.75, 3.05) is 52.7 Å². The Morgan fingerprint density at radius 2 is 0.874 bits per heavy atom. The first-order chi connectivity index (χ1) is 41.3. The maximum absolute atomic E-state index is 12.8. The van der Waals surface area contributed by atoms with E-state index in [1.165, 1.54) is 9.36 Å². The fourth-order valence-electron chi connectivity index (χ4n) is 7.80. The fraction of sp³-hybridized carbons (Fsp3) is 0.475. The lowest BCUT2D eigenvalue weighted by atomic mass is 9.95. The number of nitrogens with zero attached hydrogens (tertiary/aromatic N) is 8. The van der Waals surface area contributed by atoms with E-state index in [4.69, 9.17) is 34.2 Å².